The number of thiophene rings is 1. The molecule has 0 atom stereocenters. The Balaban J connectivity index is 2.40. The highest BCUT2D eigenvalue weighted by Crippen LogP contribution is 2.31. The molecule has 0 spiro atoms. The average Bonchev–Trinajstić information content (AvgIpc) is 2.64. The molecule has 1 aromatic heterocycles. The number of hydrogen-bond donors (Lipinski definition) is 0. The van der Waals surface area contributed by atoms with Gasteiger partial charge in [-0.05, 0) is 45.8 Å². The minimum absolute atomic E-state index is 0.354. The third kappa shape index (κ3) is 2.53. The topological polar surface area (TPSA) is 34.1 Å². The van der Waals surface area contributed by atoms with Crippen molar-refractivity contribution in [2.24, 2.45) is 0 Å². The molecule has 16 heavy (non-hydrogen) atoms. The van der Waals surface area contributed by atoms with Crippen molar-refractivity contribution in [3.8, 4) is 10.4 Å². The Morgan fingerprint density at radius 2 is 1.69 bits per heavy atom. The second-order valence-corrected chi connectivity index (χ2v) is 7.88. The van der Waals surface area contributed by atoms with E-state index in [2.05, 4.69) is 15.9 Å². The van der Waals surface area contributed by atoms with Gasteiger partial charge in [-0.25, -0.2) is 8.42 Å². The second-order valence-electron chi connectivity index (χ2n) is 3.40. The maximum Gasteiger partial charge on any atom is 0.175 e. The van der Waals surface area contributed by atoms with Crippen molar-refractivity contribution in [1.29, 1.82) is 0 Å². The fourth-order valence-corrected chi connectivity index (χ4v) is 3.36. The van der Waals surface area contributed by atoms with E-state index in [4.69, 9.17) is 0 Å². The lowest BCUT2D eigenvalue weighted by atomic mass is 10.2. The van der Waals surface area contributed by atoms with Gasteiger partial charge in [-0.1, -0.05) is 12.1 Å². The van der Waals surface area contributed by atoms with Crippen LogP contribution in [0.25, 0.3) is 10.4 Å². The third-order valence-electron chi connectivity index (χ3n) is 2.14. The van der Waals surface area contributed by atoms with E-state index in [1.165, 1.54) is 6.26 Å². The summed E-state index contributed by atoms with van der Waals surface area (Å²) in [4.78, 5) is 1.47. The first-order chi connectivity index (χ1) is 7.47. The molecule has 0 unspecified atom stereocenters. The SMILES string of the molecule is CS(=O)(=O)c1ccc(-c2ccc(Br)s2)cc1. The first-order valence-electron chi connectivity index (χ1n) is 4.52. The molecule has 1 aromatic carbocycles. The molecule has 2 nitrogen and oxygen atoms in total. The molecule has 0 aliphatic rings. The zero-order valence-corrected chi connectivity index (χ0v) is 11.7. The summed E-state index contributed by atoms with van der Waals surface area (Å²) in [6.07, 6.45) is 1.21. The third-order valence-corrected chi connectivity index (χ3v) is 4.94. The fraction of sp³-hybridized carbons (Fsp3) is 0.0909. The molecule has 84 valence electrons. The second kappa shape index (κ2) is 4.31. The molecule has 0 aliphatic heterocycles. The predicted octanol–water partition coefficient (Wildman–Crippen LogP) is 3.58. The van der Waals surface area contributed by atoms with Gasteiger partial charge in [0.15, 0.2) is 9.84 Å². The van der Waals surface area contributed by atoms with Crippen LogP contribution in [0.15, 0.2) is 45.1 Å². The van der Waals surface area contributed by atoms with E-state index in [-0.39, 0.29) is 0 Å². The van der Waals surface area contributed by atoms with Crippen LogP contribution in [0.1, 0.15) is 0 Å². The summed E-state index contributed by atoms with van der Waals surface area (Å²) in [7, 11) is -3.10. The van der Waals surface area contributed by atoms with Gasteiger partial charge in [-0.2, -0.15) is 0 Å². The van der Waals surface area contributed by atoms with E-state index in [0.29, 0.717) is 4.90 Å². The van der Waals surface area contributed by atoms with Gasteiger partial charge in [0.1, 0.15) is 0 Å². The van der Waals surface area contributed by atoms with Gasteiger partial charge < -0.3 is 0 Å². The molecule has 0 amide bonds. The summed E-state index contributed by atoms with van der Waals surface area (Å²) in [6, 6.07) is 10.9. The average molecular weight is 317 g/mol. The van der Waals surface area contributed by atoms with Gasteiger partial charge in [-0.3, -0.25) is 0 Å². The Kier molecular flexibility index (Phi) is 3.19. The van der Waals surface area contributed by atoms with Gasteiger partial charge in [0, 0.05) is 11.1 Å². The van der Waals surface area contributed by atoms with Crippen molar-refractivity contribution in [3.63, 3.8) is 0 Å². The van der Waals surface area contributed by atoms with Crippen LogP contribution in [0.5, 0.6) is 0 Å². The summed E-state index contributed by atoms with van der Waals surface area (Å²) in [5.74, 6) is 0. The van der Waals surface area contributed by atoms with Crippen LogP contribution in [-0.4, -0.2) is 14.7 Å². The van der Waals surface area contributed by atoms with Crippen molar-refractivity contribution in [2.45, 2.75) is 4.90 Å². The zero-order valence-electron chi connectivity index (χ0n) is 8.48. The highest BCUT2D eigenvalue weighted by atomic mass is 79.9. The fourth-order valence-electron chi connectivity index (χ4n) is 1.34. The maximum absolute atomic E-state index is 11.3. The summed E-state index contributed by atoms with van der Waals surface area (Å²) in [5.41, 5.74) is 1.03. The van der Waals surface area contributed by atoms with E-state index < -0.39 is 9.84 Å². The van der Waals surface area contributed by atoms with Gasteiger partial charge in [0.2, 0.25) is 0 Å². The van der Waals surface area contributed by atoms with E-state index in [1.807, 2.05) is 24.3 Å². The Bertz CT molecular complexity index is 597. The largest absolute Gasteiger partial charge is 0.224 e. The molecule has 5 heteroatoms. The van der Waals surface area contributed by atoms with Crippen LogP contribution >= 0.6 is 27.3 Å². The number of hydrogen-bond acceptors (Lipinski definition) is 3. The number of benzene rings is 1. The Morgan fingerprint density at radius 3 is 2.12 bits per heavy atom. The molecular formula is C11H9BrO2S2. The van der Waals surface area contributed by atoms with Gasteiger partial charge >= 0.3 is 0 Å². The first-order valence-corrected chi connectivity index (χ1v) is 8.03. The molecule has 0 bridgehead atoms. The Hall–Kier alpha value is -0.650. The Labute approximate surface area is 107 Å². The molecule has 2 rings (SSSR count). The summed E-state index contributed by atoms with van der Waals surface area (Å²) < 4.78 is 23.6. The molecule has 0 saturated heterocycles. The van der Waals surface area contributed by atoms with E-state index >= 15 is 0 Å². The van der Waals surface area contributed by atoms with Gasteiger partial charge in [0.05, 0.1) is 8.68 Å². The van der Waals surface area contributed by atoms with Crippen LogP contribution in [0.4, 0.5) is 0 Å². The van der Waals surface area contributed by atoms with Gasteiger partial charge in [0.25, 0.3) is 0 Å². The quantitative estimate of drug-likeness (QED) is 0.848. The van der Waals surface area contributed by atoms with Crippen molar-refractivity contribution >= 4 is 37.1 Å². The van der Waals surface area contributed by atoms with E-state index in [1.54, 1.807) is 23.5 Å². The van der Waals surface area contributed by atoms with Crippen molar-refractivity contribution in [1.82, 2.24) is 0 Å². The van der Waals surface area contributed by atoms with E-state index in [9.17, 15) is 8.42 Å². The van der Waals surface area contributed by atoms with Crippen LogP contribution in [-0.2, 0) is 9.84 Å². The smallest absolute Gasteiger partial charge is 0.175 e. The molecule has 2 aromatic rings. The lowest BCUT2D eigenvalue weighted by Crippen LogP contribution is -1.95. The van der Waals surface area contributed by atoms with E-state index in [0.717, 1.165) is 14.2 Å². The Morgan fingerprint density at radius 1 is 1.06 bits per heavy atom. The van der Waals surface area contributed by atoms with Crippen molar-refractivity contribution in [2.75, 3.05) is 6.26 Å². The minimum Gasteiger partial charge on any atom is -0.224 e. The first kappa shape index (κ1) is 11.8. The monoisotopic (exact) mass is 316 g/mol. The maximum atomic E-state index is 11.3. The number of sulfone groups is 1. The van der Waals surface area contributed by atoms with Crippen LogP contribution in [0.3, 0.4) is 0 Å². The van der Waals surface area contributed by atoms with Crippen LogP contribution < -0.4 is 0 Å². The summed E-state index contributed by atoms with van der Waals surface area (Å²) in [5, 5.41) is 0. The van der Waals surface area contributed by atoms with Crippen molar-refractivity contribution < 1.29 is 8.42 Å². The highest BCUT2D eigenvalue weighted by molar-refractivity contribution is 9.11. The molecule has 0 radical (unpaired) electrons. The molecule has 0 aliphatic carbocycles. The minimum atomic E-state index is -3.10. The highest BCUT2D eigenvalue weighted by Gasteiger charge is 2.07. The summed E-state index contributed by atoms with van der Waals surface area (Å²) >= 11 is 5.02. The zero-order chi connectivity index (χ0) is 11.8. The predicted molar refractivity (Wildman–Crippen MR) is 70.6 cm³/mol. The summed E-state index contributed by atoms with van der Waals surface area (Å²) in [6.45, 7) is 0. The number of halogens is 1. The van der Waals surface area contributed by atoms with Crippen LogP contribution in [0.2, 0.25) is 0 Å². The lowest BCUT2D eigenvalue weighted by Gasteiger charge is -2.00. The van der Waals surface area contributed by atoms with Gasteiger partial charge in [-0.15, -0.1) is 11.3 Å². The molecule has 0 fully saturated rings. The molecule has 0 saturated carbocycles. The lowest BCUT2D eigenvalue weighted by molar-refractivity contribution is 0.602. The molecule has 1 heterocycles. The standard InChI is InChI=1S/C11H9BrO2S2/c1-16(13,14)9-4-2-8(3-5-9)10-6-7-11(12)15-10/h2-7H,1H3. The molecule has 0 N–H and O–H groups in total. The molecular weight excluding hydrogens is 308 g/mol. The number of rotatable bonds is 2. The normalized spacial score (nSPS) is 11.6. The van der Waals surface area contributed by atoms with Crippen molar-refractivity contribution in [3.05, 3.63) is 40.2 Å². The van der Waals surface area contributed by atoms with Crippen LogP contribution in [0, 0.1) is 0 Å².